The average molecular weight is 369 g/mol. The second kappa shape index (κ2) is 5.51. The van der Waals surface area contributed by atoms with Gasteiger partial charge in [0.15, 0.2) is 0 Å². The summed E-state index contributed by atoms with van der Waals surface area (Å²) in [4.78, 5) is 7.41. The van der Waals surface area contributed by atoms with Crippen LogP contribution in [0.4, 0.5) is 0 Å². The van der Waals surface area contributed by atoms with E-state index in [0.29, 0.717) is 0 Å². The summed E-state index contributed by atoms with van der Waals surface area (Å²) in [5, 5.41) is 3.39. The lowest BCUT2D eigenvalue weighted by Gasteiger charge is -2.25. The number of aromatic amines is 2. The molecule has 2 nitrogen and oxygen atoms in total. The Bertz CT molecular complexity index is 1300. The lowest BCUT2D eigenvalue weighted by molar-refractivity contribution is 0.861. The largest absolute Gasteiger partial charge is 0.358 e. The number of hydrogen-bond donors (Lipinski definition) is 2. The Morgan fingerprint density at radius 3 is 2.19 bits per heavy atom. The van der Waals surface area contributed by atoms with Gasteiger partial charge in [0, 0.05) is 44.6 Å². The van der Waals surface area contributed by atoms with Crippen molar-refractivity contribution in [3.63, 3.8) is 0 Å². The van der Waals surface area contributed by atoms with Gasteiger partial charge in [-0.25, -0.2) is 0 Å². The molecule has 0 amide bonds. The molecule has 27 heavy (non-hydrogen) atoms. The molecule has 0 saturated carbocycles. The molecule has 5 aromatic rings. The van der Waals surface area contributed by atoms with E-state index in [9.17, 15) is 0 Å². The minimum Gasteiger partial charge on any atom is -0.358 e. The molecule has 1 aliphatic carbocycles. The van der Waals surface area contributed by atoms with Crippen LogP contribution in [0.2, 0.25) is 5.02 Å². The summed E-state index contributed by atoms with van der Waals surface area (Å²) in [5.74, 6) is 0.171. The number of nitrogens with one attached hydrogen (secondary N) is 2. The third kappa shape index (κ3) is 2.14. The molecular weight excluding hydrogens is 352 g/mol. The lowest BCUT2D eigenvalue weighted by Crippen LogP contribution is -2.13. The van der Waals surface area contributed by atoms with Gasteiger partial charge in [-0.1, -0.05) is 60.1 Å². The smallest absolute Gasteiger partial charge is 0.0518 e. The van der Waals surface area contributed by atoms with E-state index in [1.54, 1.807) is 0 Å². The summed E-state index contributed by atoms with van der Waals surface area (Å²) in [7, 11) is 0. The second-order valence-corrected chi connectivity index (χ2v) is 7.72. The number of H-pyrrole nitrogens is 2. The Labute approximate surface area is 161 Å². The van der Waals surface area contributed by atoms with Gasteiger partial charge in [0.2, 0.25) is 0 Å². The second-order valence-electron chi connectivity index (χ2n) is 7.29. The van der Waals surface area contributed by atoms with E-state index in [-0.39, 0.29) is 5.92 Å². The minimum atomic E-state index is 0.171. The zero-order valence-corrected chi connectivity index (χ0v) is 15.3. The summed E-state index contributed by atoms with van der Waals surface area (Å²) >= 11 is 6.18. The highest BCUT2D eigenvalue weighted by Gasteiger charge is 2.32. The standard InChI is InChI=1S/C24H17ClN2/c25-15-11-9-14(10-12-15)22-23-17-6-2-4-8-20(17)26-21(23)13-18-16-5-1-3-7-19(16)27-24(18)22/h1-12,22,26-27H,13H2. The molecule has 0 spiro atoms. The van der Waals surface area contributed by atoms with Gasteiger partial charge in [-0.05, 0) is 41.0 Å². The van der Waals surface area contributed by atoms with Crippen molar-refractivity contribution >= 4 is 33.4 Å². The Morgan fingerprint density at radius 2 is 1.41 bits per heavy atom. The highest BCUT2D eigenvalue weighted by Crippen LogP contribution is 2.46. The average Bonchev–Trinajstić information content (AvgIpc) is 3.25. The first-order valence-corrected chi connectivity index (χ1v) is 9.62. The fraction of sp³-hybridized carbons (Fsp3) is 0.0833. The van der Waals surface area contributed by atoms with Gasteiger partial charge < -0.3 is 9.97 Å². The number of hydrogen-bond acceptors (Lipinski definition) is 0. The Kier molecular flexibility index (Phi) is 3.09. The number of halogens is 1. The van der Waals surface area contributed by atoms with Crippen LogP contribution in [0, 0.1) is 0 Å². The van der Waals surface area contributed by atoms with Crippen molar-refractivity contribution in [3.8, 4) is 0 Å². The third-order valence-electron chi connectivity index (χ3n) is 5.81. The Morgan fingerprint density at radius 1 is 0.741 bits per heavy atom. The fourth-order valence-electron chi connectivity index (χ4n) is 4.66. The summed E-state index contributed by atoms with van der Waals surface area (Å²) in [6, 6.07) is 25.5. The van der Waals surface area contributed by atoms with E-state index in [0.717, 1.165) is 11.4 Å². The van der Waals surface area contributed by atoms with Gasteiger partial charge in [-0.2, -0.15) is 0 Å². The molecule has 0 saturated heterocycles. The van der Waals surface area contributed by atoms with E-state index in [1.807, 2.05) is 12.1 Å². The predicted octanol–water partition coefficient (Wildman–Crippen LogP) is 6.39. The van der Waals surface area contributed by atoms with E-state index < -0.39 is 0 Å². The van der Waals surface area contributed by atoms with Crippen molar-refractivity contribution in [2.45, 2.75) is 12.3 Å². The maximum Gasteiger partial charge on any atom is 0.0518 e. The molecule has 2 aromatic heterocycles. The van der Waals surface area contributed by atoms with Gasteiger partial charge >= 0.3 is 0 Å². The van der Waals surface area contributed by atoms with Crippen LogP contribution < -0.4 is 0 Å². The third-order valence-corrected chi connectivity index (χ3v) is 6.06. The van der Waals surface area contributed by atoms with Gasteiger partial charge in [0.05, 0.1) is 5.92 Å². The summed E-state index contributed by atoms with van der Waals surface area (Å²) in [6.45, 7) is 0. The highest BCUT2D eigenvalue weighted by atomic mass is 35.5. The normalized spacial score (nSPS) is 15.8. The molecule has 3 heteroatoms. The molecule has 2 N–H and O–H groups in total. The molecular formula is C24H17ClN2. The quantitative estimate of drug-likeness (QED) is 0.337. The van der Waals surface area contributed by atoms with Crippen molar-refractivity contribution < 1.29 is 0 Å². The molecule has 1 aliphatic rings. The van der Waals surface area contributed by atoms with Crippen molar-refractivity contribution in [1.29, 1.82) is 0 Å². The first-order chi connectivity index (χ1) is 13.3. The van der Waals surface area contributed by atoms with Gasteiger partial charge in [-0.3, -0.25) is 0 Å². The fourth-order valence-corrected chi connectivity index (χ4v) is 4.78. The minimum absolute atomic E-state index is 0.171. The van der Waals surface area contributed by atoms with Crippen LogP contribution in [0.25, 0.3) is 21.8 Å². The van der Waals surface area contributed by atoms with E-state index >= 15 is 0 Å². The molecule has 1 atom stereocenters. The predicted molar refractivity (Wildman–Crippen MR) is 112 cm³/mol. The molecule has 3 aromatic carbocycles. The maximum absolute atomic E-state index is 6.18. The number of benzene rings is 3. The summed E-state index contributed by atoms with van der Waals surface area (Å²) < 4.78 is 0. The number of rotatable bonds is 1. The monoisotopic (exact) mass is 368 g/mol. The topological polar surface area (TPSA) is 31.6 Å². The van der Waals surface area contributed by atoms with E-state index in [4.69, 9.17) is 11.6 Å². The molecule has 0 aliphatic heterocycles. The van der Waals surface area contributed by atoms with Crippen molar-refractivity contribution in [3.05, 3.63) is 106 Å². The van der Waals surface area contributed by atoms with Crippen LogP contribution in [-0.2, 0) is 6.42 Å². The lowest BCUT2D eigenvalue weighted by atomic mass is 9.79. The van der Waals surface area contributed by atoms with Crippen molar-refractivity contribution in [2.75, 3.05) is 0 Å². The number of fused-ring (bicyclic) bond motifs is 6. The summed E-state index contributed by atoms with van der Waals surface area (Å²) in [5.41, 5.74) is 9.06. The highest BCUT2D eigenvalue weighted by molar-refractivity contribution is 6.30. The molecule has 0 bridgehead atoms. The van der Waals surface area contributed by atoms with Crippen molar-refractivity contribution in [1.82, 2.24) is 9.97 Å². The SMILES string of the molecule is Clc1ccc(C2c3[nH]c4ccccc4c3Cc3[nH]c4ccccc4c32)cc1. The first kappa shape index (κ1) is 15.1. The van der Waals surface area contributed by atoms with E-state index in [2.05, 4.69) is 70.6 Å². The van der Waals surface area contributed by atoms with Crippen LogP contribution in [0.1, 0.15) is 34.0 Å². The molecule has 0 fully saturated rings. The van der Waals surface area contributed by atoms with Crippen molar-refractivity contribution in [2.24, 2.45) is 0 Å². The molecule has 1 unspecified atom stereocenters. The molecule has 0 radical (unpaired) electrons. The Hall–Kier alpha value is -2.97. The number of aromatic nitrogens is 2. The van der Waals surface area contributed by atoms with Gasteiger partial charge in [0.1, 0.15) is 0 Å². The van der Waals surface area contributed by atoms with Crippen LogP contribution in [0.15, 0.2) is 72.8 Å². The molecule has 130 valence electrons. The maximum atomic E-state index is 6.18. The molecule has 2 heterocycles. The van der Waals surface area contributed by atoms with Crippen LogP contribution in [0.5, 0.6) is 0 Å². The van der Waals surface area contributed by atoms with Crippen LogP contribution in [-0.4, -0.2) is 9.97 Å². The Balaban J connectivity index is 1.70. The van der Waals surface area contributed by atoms with E-state index in [1.165, 1.54) is 49.9 Å². The van der Waals surface area contributed by atoms with Crippen LogP contribution in [0.3, 0.4) is 0 Å². The first-order valence-electron chi connectivity index (χ1n) is 9.24. The zero-order valence-electron chi connectivity index (χ0n) is 14.6. The summed E-state index contributed by atoms with van der Waals surface area (Å²) in [6.07, 6.45) is 0.924. The zero-order chi connectivity index (χ0) is 18.0. The van der Waals surface area contributed by atoms with Gasteiger partial charge in [0.25, 0.3) is 0 Å². The van der Waals surface area contributed by atoms with Gasteiger partial charge in [-0.15, -0.1) is 0 Å². The van der Waals surface area contributed by atoms with Crippen LogP contribution >= 0.6 is 11.6 Å². The molecule has 6 rings (SSSR count). The number of para-hydroxylation sites is 2.